The van der Waals surface area contributed by atoms with Gasteiger partial charge in [-0.15, -0.1) is 0 Å². The van der Waals surface area contributed by atoms with Crippen molar-refractivity contribution in [3.8, 4) is 0 Å². The van der Waals surface area contributed by atoms with E-state index in [1.807, 2.05) is 0 Å². The summed E-state index contributed by atoms with van der Waals surface area (Å²) in [7, 11) is 0. The number of ether oxygens (including phenoxy) is 1. The number of rotatable bonds is 26. The maximum absolute atomic E-state index is 12.5. The first-order valence-corrected chi connectivity index (χ1v) is 15.4. The first-order valence-electron chi connectivity index (χ1n) is 15.4. The summed E-state index contributed by atoms with van der Waals surface area (Å²) in [6.45, 7) is 6.74. The van der Waals surface area contributed by atoms with Gasteiger partial charge in [-0.2, -0.15) is 0 Å². The van der Waals surface area contributed by atoms with Crippen LogP contribution < -0.4 is 0 Å². The van der Waals surface area contributed by atoms with Gasteiger partial charge in [0, 0.05) is 6.42 Å². The fraction of sp³-hybridized carbons (Fsp3) is 0.788. The third-order valence-electron chi connectivity index (χ3n) is 6.52. The summed E-state index contributed by atoms with van der Waals surface area (Å²) in [6.07, 6.45) is 39.4. The molecule has 0 saturated heterocycles. The zero-order valence-corrected chi connectivity index (χ0v) is 23.9. The second-order valence-corrected chi connectivity index (χ2v) is 10.1. The highest BCUT2D eigenvalue weighted by atomic mass is 16.5. The summed E-state index contributed by atoms with van der Waals surface area (Å²) in [5.41, 5.74) is 0. The highest BCUT2D eigenvalue weighted by Crippen LogP contribution is 2.16. The molecule has 0 heterocycles. The number of allylic oxidation sites excluding steroid dienone is 6. The minimum Gasteiger partial charge on any atom is -0.462 e. The number of unbranched alkanes of at least 4 members (excludes halogenated alkanes) is 13. The fourth-order valence-corrected chi connectivity index (χ4v) is 4.21. The minimum atomic E-state index is 0.000288. The predicted molar refractivity (Wildman–Crippen MR) is 156 cm³/mol. The number of hydrogen-bond donors (Lipinski definition) is 0. The Morgan fingerprint density at radius 3 is 1.34 bits per heavy atom. The van der Waals surface area contributed by atoms with E-state index in [0.717, 1.165) is 51.4 Å². The Morgan fingerprint density at radius 2 is 0.886 bits per heavy atom. The van der Waals surface area contributed by atoms with Crippen LogP contribution in [0.3, 0.4) is 0 Å². The molecule has 35 heavy (non-hydrogen) atoms. The topological polar surface area (TPSA) is 26.3 Å². The van der Waals surface area contributed by atoms with Crippen LogP contribution in [0.1, 0.15) is 162 Å². The van der Waals surface area contributed by atoms with Gasteiger partial charge in [-0.3, -0.25) is 4.79 Å². The van der Waals surface area contributed by atoms with Crippen LogP contribution in [0.4, 0.5) is 0 Å². The Hall–Kier alpha value is -1.31. The van der Waals surface area contributed by atoms with Crippen LogP contribution >= 0.6 is 0 Å². The first-order chi connectivity index (χ1) is 17.2. The van der Waals surface area contributed by atoms with E-state index >= 15 is 0 Å². The summed E-state index contributed by atoms with van der Waals surface area (Å²) in [4.78, 5) is 12.5. The number of carbonyl (C=O) groups is 1. The molecule has 204 valence electrons. The standard InChI is InChI=1S/C33H60O2/c1-4-7-10-13-16-19-21-24-27-30-32(29-26-23-20-17-14-11-8-5-2)35-33(34)31-28-25-22-18-15-12-9-6-3/h16-20,22,32H,4-15,21,23-31H2,1-3H3/b19-16?,20-17?,22-18-. The maximum Gasteiger partial charge on any atom is 0.306 e. The van der Waals surface area contributed by atoms with Crippen LogP contribution in [0, 0.1) is 0 Å². The van der Waals surface area contributed by atoms with Gasteiger partial charge in [0.1, 0.15) is 6.10 Å². The lowest BCUT2D eigenvalue weighted by Crippen LogP contribution is -2.18. The van der Waals surface area contributed by atoms with Gasteiger partial charge in [-0.1, -0.05) is 95.8 Å². The van der Waals surface area contributed by atoms with Crippen LogP contribution in [-0.4, -0.2) is 12.1 Å². The van der Waals surface area contributed by atoms with E-state index in [9.17, 15) is 4.79 Å². The summed E-state index contributed by atoms with van der Waals surface area (Å²) >= 11 is 0. The molecule has 0 amide bonds. The predicted octanol–water partition coefficient (Wildman–Crippen LogP) is 11.2. The summed E-state index contributed by atoms with van der Waals surface area (Å²) < 4.78 is 5.94. The molecule has 0 radical (unpaired) electrons. The Balaban J connectivity index is 4.22. The van der Waals surface area contributed by atoms with Gasteiger partial charge in [-0.05, 0) is 96.3 Å². The molecule has 0 fully saturated rings. The van der Waals surface area contributed by atoms with E-state index in [4.69, 9.17) is 4.74 Å². The molecule has 0 spiro atoms. The molecule has 0 aromatic carbocycles. The number of carbonyl (C=O) groups excluding carboxylic acids is 1. The molecule has 0 saturated carbocycles. The Kier molecular flexibility index (Phi) is 27.8. The fourth-order valence-electron chi connectivity index (χ4n) is 4.21. The smallest absolute Gasteiger partial charge is 0.306 e. The average Bonchev–Trinajstić information content (AvgIpc) is 2.86. The molecule has 0 aliphatic heterocycles. The van der Waals surface area contributed by atoms with Gasteiger partial charge >= 0.3 is 5.97 Å². The Bertz CT molecular complexity index is 517. The van der Waals surface area contributed by atoms with Crippen LogP contribution in [0.5, 0.6) is 0 Å². The van der Waals surface area contributed by atoms with E-state index in [1.165, 1.54) is 83.5 Å². The van der Waals surface area contributed by atoms with Gasteiger partial charge in [-0.25, -0.2) is 0 Å². The molecule has 2 nitrogen and oxygen atoms in total. The van der Waals surface area contributed by atoms with Crippen LogP contribution in [0.25, 0.3) is 0 Å². The SMILES string of the molecule is CCCCCC=CCCCCC(CCCC=CCCCCC)OC(=O)CCC/C=C\CCCCC. The molecule has 0 aromatic heterocycles. The van der Waals surface area contributed by atoms with Gasteiger partial charge in [0.15, 0.2) is 0 Å². The highest BCUT2D eigenvalue weighted by Gasteiger charge is 2.13. The molecule has 0 aliphatic carbocycles. The largest absolute Gasteiger partial charge is 0.462 e. The molecular weight excluding hydrogens is 428 g/mol. The van der Waals surface area contributed by atoms with Gasteiger partial charge in [0.2, 0.25) is 0 Å². The van der Waals surface area contributed by atoms with Crippen molar-refractivity contribution in [2.75, 3.05) is 0 Å². The molecular formula is C33H60O2. The van der Waals surface area contributed by atoms with Crippen LogP contribution in [-0.2, 0) is 9.53 Å². The third kappa shape index (κ3) is 27.1. The normalized spacial score (nSPS) is 12.9. The van der Waals surface area contributed by atoms with E-state index < -0.39 is 0 Å². The Labute approximate surface area is 220 Å². The zero-order valence-electron chi connectivity index (χ0n) is 23.9. The van der Waals surface area contributed by atoms with Crippen molar-refractivity contribution >= 4 is 5.97 Å². The van der Waals surface area contributed by atoms with Crippen molar-refractivity contribution in [3.63, 3.8) is 0 Å². The van der Waals surface area contributed by atoms with Crippen molar-refractivity contribution in [2.45, 2.75) is 168 Å². The second kappa shape index (κ2) is 28.9. The van der Waals surface area contributed by atoms with Crippen molar-refractivity contribution in [3.05, 3.63) is 36.5 Å². The van der Waals surface area contributed by atoms with Gasteiger partial charge in [0.05, 0.1) is 0 Å². The van der Waals surface area contributed by atoms with Crippen molar-refractivity contribution in [2.24, 2.45) is 0 Å². The van der Waals surface area contributed by atoms with Crippen molar-refractivity contribution < 1.29 is 9.53 Å². The molecule has 0 aromatic rings. The van der Waals surface area contributed by atoms with Gasteiger partial charge in [0.25, 0.3) is 0 Å². The summed E-state index contributed by atoms with van der Waals surface area (Å²) in [5.74, 6) is 0.000288. The van der Waals surface area contributed by atoms with E-state index in [0.29, 0.717) is 6.42 Å². The molecule has 0 bridgehead atoms. The lowest BCUT2D eigenvalue weighted by atomic mass is 10.0. The minimum absolute atomic E-state index is 0.000288. The van der Waals surface area contributed by atoms with Crippen LogP contribution in [0.2, 0.25) is 0 Å². The molecule has 1 unspecified atom stereocenters. The lowest BCUT2D eigenvalue weighted by Gasteiger charge is -2.17. The average molecular weight is 489 g/mol. The molecule has 0 aliphatic rings. The highest BCUT2D eigenvalue weighted by molar-refractivity contribution is 5.69. The molecule has 2 heteroatoms. The summed E-state index contributed by atoms with van der Waals surface area (Å²) in [6, 6.07) is 0. The molecule has 1 atom stereocenters. The zero-order chi connectivity index (χ0) is 25.7. The quantitative estimate of drug-likeness (QED) is 0.0687. The van der Waals surface area contributed by atoms with E-state index in [2.05, 4.69) is 57.2 Å². The van der Waals surface area contributed by atoms with Crippen molar-refractivity contribution in [1.29, 1.82) is 0 Å². The maximum atomic E-state index is 12.5. The third-order valence-corrected chi connectivity index (χ3v) is 6.52. The number of hydrogen-bond acceptors (Lipinski definition) is 2. The monoisotopic (exact) mass is 488 g/mol. The van der Waals surface area contributed by atoms with Gasteiger partial charge < -0.3 is 4.74 Å². The number of esters is 1. The second-order valence-electron chi connectivity index (χ2n) is 10.1. The molecule has 0 rings (SSSR count). The lowest BCUT2D eigenvalue weighted by molar-refractivity contribution is -0.149. The Morgan fingerprint density at radius 1 is 0.514 bits per heavy atom. The van der Waals surface area contributed by atoms with Crippen molar-refractivity contribution in [1.82, 2.24) is 0 Å². The van der Waals surface area contributed by atoms with E-state index in [1.54, 1.807) is 0 Å². The molecule has 0 N–H and O–H groups in total. The summed E-state index contributed by atoms with van der Waals surface area (Å²) in [5, 5.41) is 0. The van der Waals surface area contributed by atoms with Crippen LogP contribution in [0.15, 0.2) is 36.5 Å². The first kappa shape index (κ1) is 33.7. The van der Waals surface area contributed by atoms with E-state index in [-0.39, 0.29) is 12.1 Å².